The first kappa shape index (κ1) is 14.5. The van der Waals surface area contributed by atoms with Gasteiger partial charge in [-0.05, 0) is 52.5 Å². The van der Waals surface area contributed by atoms with Crippen LogP contribution in [-0.2, 0) is 4.79 Å². The molecule has 0 aromatic heterocycles. The highest BCUT2D eigenvalue weighted by atomic mass is 16.2. The van der Waals surface area contributed by atoms with Crippen LogP contribution in [0.3, 0.4) is 0 Å². The number of piperidine rings is 1. The highest BCUT2D eigenvalue weighted by molar-refractivity contribution is 5.86. The minimum Gasteiger partial charge on any atom is -0.338 e. The summed E-state index contributed by atoms with van der Waals surface area (Å²) in [6.07, 6.45) is 3.31. The van der Waals surface area contributed by atoms with Crippen molar-refractivity contribution in [2.24, 2.45) is 5.92 Å². The predicted molar refractivity (Wildman–Crippen MR) is 71.9 cm³/mol. The Bertz CT molecular complexity index is 255. The van der Waals surface area contributed by atoms with Crippen molar-refractivity contribution in [2.75, 3.05) is 13.1 Å². The number of hydrogen-bond acceptors (Lipinski definition) is 2. The van der Waals surface area contributed by atoms with Gasteiger partial charge in [0.2, 0.25) is 5.91 Å². The molecule has 1 aliphatic rings. The van der Waals surface area contributed by atoms with Gasteiger partial charge >= 0.3 is 0 Å². The monoisotopic (exact) mass is 240 g/mol. The predicted octanol–water partition coefficient (Wildman–Crippen LogP) is 2.41. The first-order valence-corrected chi connectivity index (χ1v) is 6.93. The number of amides is 1. The smallest absolute Gasteiger partial charge is 0.242 e. The molecular weight excluding hydrogens is 212 g/mol. The summed E-state index contributed by atoms with van der Waals surface area (Å²) in [5.41, 5.74) is -0.336. The van der Waals surface area contributed by atoms with Gasteiger partial charge in [0.25, 0.3) is 0 Å². The second kappa shape index (κ2) is 5.85. The molecule has 1 N–H and O–H groups in total. The second-order valence-corrected chi connectivity index (χ2v) is 6.16. The van der Waals surface area contributed by atoms with Crippen molar-refractivity contribution in [2.45, 2.75) is 65.5 Å². The third-order valence-corrected chi connectivity index (χ3v) is 3.54. The molecular formula is C14H28N2O. The summed E-state index contributed by atoms with van der Waals surface area (Å²) < 4.78 is 0. The Morgan fingerprint density at radius 2 is 1.94 bits per heavy atom. The quantitative estimate of drug-likeness (QED) is 0.818. The van der Waals surface area contributed by atoms with Gasteiger partial charge in [0.1, 0.15) is 0 Å². The summed E-state index contributed by atoms with van der Waals surface area (Å²) in [5, 5.41) is 3.41. The van der Waals surface area contributed by atoms with Crippen LogP contribution in [0.2, 0.25) is 0 Å². The average Bonchev–Trinajstić information content (AvgIpc) is 2.25. The Morgan fingerprint density at radius 3 is 2.35 bits per heavy atom. The molecule has 0 aromatic rings. The van der Waals surface area contributed by atoms with Crippen molar-refractivity contribution in [3.05, 3.63) is 0 Å². The molecule has 1 atom stereocenters. The lowest BCUT2D eigenvalue weighted by atomic mass is 9.89. The number of nitrogens with zero attached hydrogens (tertiary/aromatic N) is 1. The molecule has 0 aliphatic carbocycles. The van der Waals surface area contributed by atoms with Gasteiger partial charge < -0.3 is 10.2 Å². The van der Waals surface area contributed by atoms with Crippen molar-refractivity contribution in [3.8, 4) is 0 Å². The molecule has 1 amide bonds. The Morgan fingerprint density at radius 1 is 1.29 bits per heavy atom. The van der Waals surface area contributed by atoms with Crippen LogP contribution in [0.15, 0.2) is 0 Å². The summed E-state index contributed by atoms with van der Waals surface area (Å²) >= 11 is 0. The lowest BCUT2D eigenvalue weighted by Gasteiger charge is -2.40. The van der Waals surface area contributed by atoms with E-state index in [0.29, 0.717) is 5.92 Å². The Balaban J connectivity index is 2.75. The number of rotatable bonds is 4. The van der Waals surface area contributed by atoms with Gasteiger partial charge in [-0.15, -0.1) is 0 Å². The molecule has 0 radical (unpaired) electrons. The van der Waals surface area contributed by atoms with Gasteiger partial charge in [0.15, 0.2) is 0 Å². The molecule has 1 unspecified atom stereocenters. The van der Waals surface area contributed by atoms with E-state index >= 15 is 0 Å². The zero-order valence-corrected chi connectivity index (χ0v) is 12.0. The topological polar surface area (TPSA) is 32.3 Å². The molecule has 17 heavy (non-hydrogen) atoms. The summed E-state index contributed by atoms with van der Waals surface area (Å²) in [4.78, 5) is 14.7. The van der Waals surface area contributed by atoms with Crippen LogP contribution in [0.4, 0.5) is 0 Å². The van der Waals surface area contributed by atoms with Gasteiger partial charge in [-0.2, -0.15) is 0 Å². The van der Waals surface area contributed by atoms with Crippen molar-refractivity contribution in [3.63, 3.8) is 0 Å². The molecule has 0 aromatic carbocycles. The van der Waals surface area contributed by atoms with Crippen molar-refractivity contribution in [1.82, 2.24) is 10.2 Å². The maximum absolute atomic E-state index is 12.7. The summed E-state index contributed by atoms with van der Waals surface area (Å²) in [6, 6.07) is 0.283. The number of nitrogens with one attached hydrogen (secondary N) is 1. The molecule has 1 rings (SSSR count). The van der Waals surface area contributed by atoms with Crippen molar-refractivity contribution >= 4 is 5.91 Å². The van der Waals surface area contributed by atoms with Crippen LogP contribution in [0, 0.1) is 5.92 Å². The van der Waals surface area contributed by atoms with Gasteiger partial charge in [-0.25, -0.2) is 0 Å². The lowest BCUT2D eigenvalue weighted by molar-refractivity contribution is -0.141. The third-order valence-electron chi connectivity index (χ3n) is 3.54. The van der Waals surface area contributed by atoms with Gasteiger partial charge in [0.05, 0.1) is 5.54 Å². The van der Waals surface area contributed by atoms with Crippen LogP contribution in [0.1, 0.15) is 53.9 Å². The van der Waals surface area contributed by atoms with Crippen molar-refractivity contribution in [1.29, 1.82) is 0 Å². The summed E-state index contributed by atoms with van der Waals surface area (Å²) in [7, 11) is 0. The van der Waals surface area contributed by atoms with E-state index in [4.69, 9.17) is 0 Å². The molecule has 3 heteroatoms. The SMILES string of the molecule is CC(C)CN(C(=O)C1(C)CCCCN1)C(C)C. The van der Waals surface area contributed by atoms with E-state index in [9.17, 15) is 4.79 Å². The normalized spacial score (nSPS) is 25.4. The van der Waals surface area contributed by atoms with E-state index < -0.39 is 0 Å². The Kier molecular flexibility index (Phi) is 4.99. The molecule has 1 heterocycles. The highest BCUT2D eigenvalue weighted by Crippen LogP contribution is 2.23. The fraction of sp³-hybridized carbons (Fsp3) is 0.929. The fourth-order valence-corrected chi connectivity index (χ4v) is 2.48. The fourth-order valence-electron chi connectivity index (χ4n) is 2.48. The molecule has 1 aliphatic heterocycles. The zero-order valence-electron chi connectivity index (χ0n) is 12.0. The van der Waals surface area contributed by atoms with Crippen LogP contribution in [0.25, 0.3) is 0 Å². The highest BCUT2D eigenvalue weighted by Gasteiger charge is 2.38. The Labute approximate surface area is 106 Å². The van der Waals surface area contributed by atoms with E-state index in [1.54, 1.807) is 0 Å². The first-order chi connectivity index (χ1) is 7.87. The van der Waals surface area contributed by atoms with E-state index in [2.05, 4.69) is 39.9 Å². The van der Waals surface area contributed by atoms with E-state index in [-0.39, 0.29) is 17.5 Å². The lowest BCUT2D eigenvalue weighted by Crippen LogP contribution is -2.59. The summed E-state index contributed by atoms with van der Waals surface area (Å²) in [5.74, 6) is 0.800. The third kappa shape index (κ3) is 3.70. The minimum absolute atomic E-state index is 0.279. The van der Waals surface area contributed by atoms with Crippen LogP contribution in [-0.4, -0.2) is 35.5 Å². The van der Waals surface area contributed by atoms with E-state index in [0.717, 1.165) is 25.9 Å². The number of hydrogen-bond donors (Lipinski definition) is 1. The Hall–Kier alpha value is -0.570. The molecule has 1 fully saturated rings. The first-order valence-electron chi connectivity index (χ1n) is 6.93. The van der Waals surface area contributed by atoms with E-state index in [1.165, 1.54) is 6.42 Å². The van der Waals surface area contributed by atoms with Gasteiger partial charge in [-0.3, -0.25) is 4.79 Å². The van der Waals surface area contributed by atoms with Gasteiger partial charge in [-0.1, -0.05) is 13.8 Å². The molecule has 0 saturated carbocycles. The van der Waals surface area contributed by atoms with Gasteiger partial charge in [0, 0.05) is 12.6 Å². The zero-order chi connectivity index (χ0) is 13.1. The molecule has 0 spiro atoms. The molecule has 100 valence electrons. The van der Waals surface area contributed by atoms with Crippen LogP contribution < -0.4 is 5.32 Å². The molecule has 0 bridgehead atoms. The second-order valence-electron chi connectivity index (χ2n) is 6.16. The summed E-state index contributed by atoms with van der Waals surface area (Å²) in [6.45, 7) is 12.4. The maximum Gasteiger partial charge on any atom is 0.242 e. The molecule has 3 nitrogen and oxygen atoms in total. The van der Waals surface area contributed by atoms with Crippen LogP contribution >= 0.6 is 0 Å². The minimum atomic E-state index is -0.336. The molecule has 1 saturated heterocycles. The van der Waals surface area contributed by atoms with E-state index in [1.807, 2.05) is 4.90 Å². The number of carbonyl (C=O) groups is 1. The standard InChI is InChI=1S/C14H28N2O/c1-11(2)10-16(12(3)4)13(17)14(5)8-6-7-9-15-14/h11-12,15H,6-10H2,1-5H3. The largest absolute Gasteiger partial charge is 0.338 e. The number of carbonyl (C=O) groups excluding carboxylic acids is 1. The average molecular weight is 240 g/mol. The van der Waals surface area contributed by atoms with Crippen LogP contribution in [0.5, 0.6) is 0 Å². The maximum atomic E-state index is 12.7. The van der Waals surface area contributed by atoms with Crippen molar-refractivity contribution < 1.29 is 4.79 Å².